The lowest BCUT2D eigenvalue weighted by Crippen LogP contribution is -2.49. The highest BCUT2D eigenvalue weighted by molar-refractivity contribution is 6.39. The van der Waals surface area contributed by atoms with Gasteiger partial charge < -0.3 is 20.3 Å². The lowest BCUT2D eigenvalue weighted by Gasteiger charge is -2.25. The van der Waals surface area contributed by atoms with Crippen LogP contribution in [0.4, 0.5) is 0 Å². The van der Waals surface area contributed by atoms with Crippen molar-refractivity contribution in [3.8, 4) is 16.9 Å². The minimum atomic E-state index is -0.899. The molecule has 0 spiro atoms. The van der Waals surface area contributed by atoms with Crippen molar-refractivity contribution in [2.24, 2.45) is 7.05 Å². The highest BCUT2D eigenvalue weighted by Crippen LogP contribution is 2.26. The van der Waals surface area contributed by atoms with Crippen molar-refractivity contribution in [3.05, 3.63) is 74.4 Å². The Labute approximate surface area is 224 Å². The van der Waals surface area contributed by atoms with Crippen molar-refractivity contribution in [1.82, 2.24) is 30.3 Å². The molecule has 12 heteroatoms. The molecule has 0 aliphatic heterocycles. The molecule has 2 N–H and O–H groups in total. The van der Waals surface area contributed by atoms with E-state index in [1.54, 1.807) is 45.4 Å². The van der Waals surface area contributed by atoms with E-state index in [0.717, 1.165) is 5.56 Å². The summed E-state index contributed by atoms with van der Waals surface area (Å²) in [4.78, 5) is 44.4. The molecule has 0 radical (unpaired) electrons. The Morgan fingerprint density at radius 3 is 2.38 bits per heavy atom. The van der Waals surface area contributed by atoms with Crippen molar-refractivity contribution in [2.45, 2.75) is 12.5 Å². The largest absolute Gasteiger partial charge is 0.494 e. The third kappa shape index (κ3) is 6.65. The number of carbonyl (C=O) groups excluding carboxylic acids is 2. The smallest absolute Gasteiger partial charge is 0.278 e. The second kappa shape index (κ2) is 12.7. The molecule has 2 aromatic heterocycles. The van der Waals surface area contributed by atoms with Gasteiger partial charge in [-0.15, -0.1) is 0 Å². The van der Waals surface area contributed by atoms with Crippen LogP contribution in [0.25, 0.3) is 11.1 Å². The van der Waals surface area contributed by atoms with E-state index in [2.05, 4.69) is 20.7 Å². The lowest BCUT2D eigenvalue weighted by atomic mass is 10.00. The van der Waals surface area contributed by atoms with Crippen LogP contribution in [0.2, 0.25) is 10.0 Å². The van der Waals surface area contributed by atoms with Crippen LogP contribution < -0.4 is 20.9 Å². The molecule has 1 aromatic carbocycles. The first-order valence-corrected chi connectivity index (χ1v) is 12.1. The third-order valence-corrected chi connectivity index (χ3v) is 6.34. The van der Waals surface area contributed by atoms with Gasteiger partial charge in [-0.1, -0.05) is 47.5 Å². The van der Waals surface area contributed by atoms with E-state index >= 15 is 0 Å². The van der Waals surface area contributed by atoms with Crippen LogP contribution in [0.1, 0.15) is 15.9 Å². The zero-order chi connectivity index (χ0) is 27.1. The number of nitrogens with one attached hydrogen (secondary N) is 2. The van der Waals surface area contributed by atoms with Crippen LogP contribution in [0.5, 0.6) is 5.75 Å². The lowest BCUT2D eigenvalue weighted by molar-refractivity contribution is -0.131. The molecule has 2 amide bonds. The number of halogens is 2. The van der Waals surface area contributed by atoms with Gasteiger partial charge in [-0.05, 0) is 18.2 Å². The number of rotatable bonds is 10. The van der Waals surface area contributed by atoms with Gasteiger partial charge in [0, 0.05) is 46.0 Å². The van der Waals surface area contributed by atoms with E-state index in [9.17, 15) is 14.4 Å². The Morgan fingerprint density at radius 2 is 1.78 bits per heavy atom. The van der Waals surface area contributed by atoms with Gasteiger partial charge in [0.2, 0.25) is 5.91 Å². The van der Waals surface area contributed by atoms with Crippen molar-refractivity contribution in [3.63, 3.8) is 0 Å². The van der Waals surface area contributed by atoms with Crippen LogP contribution >= 0.6 is 23.2 Å². The number of aryl methyl sites for hydroxylation is 1. The molecule has 0 saturated carbocycles. The van der Waals surface area contributed by atoms with E-state index in [4.69, 9.17) is 27.9 Å². The summed E-state index contributed by atoms with van der Waals surface area (Å²) in [5.41, 5.74) is 1.52. The van der Waals surface area contributed by atoms with Gasteiger partial charge in [-0.2, -0.15) is 5.10 Å². The van der Waals surface area contributed by atoms with E-state index in [0.29, 0.717) is 30.0 Å². The van der Waals surface area contributed by atoms with Crippen molar-refractivity contribution < 1.29 is 14.3 Å². The van der Waals surface area contributed by atoms with E-state index in [1.165, 1.54) is 35.3 Å². The number of carbonyl (C=O) groups is 2. The first-order valence-electron chi connectivity index (χ1n) is 11.4. The second-order valence-corrected chi connectivity index (χ2v) is 9.10. The molecule has 3 aromatic rings. The zero-order valence-electron chi connectivity index (χ0n) is 20.9. The molecular formula is C25H28Cl2N6O4. The van der Waals surface area contributed by atoms with Crippen LogP contribution in [0.3, 0.4) is 0 Å². The molecule has 0 fully saturated rings. The number of amides is 2. The van der Waals surface area contributed by atoms with Crippen molar-refractivity contribution in [2.75, 3.05) is 34.3 Å². The number of aromatic nitrogens is 3. The zero-order valence-corrected chi connectivity index (χ0v) is 22.4. The summed E-state index contributed by atoms with van der Waals surface area (Å²) in [6, 6.07) is 6.21. The predicted molar refractivity (Wildman–Crippen MR) is 142 cm³/mol. The minimum absolute atomic E-state index is 0.0463. The number of benzene rings is 1. The number of hydrogen-bond donors (Lipinski definition) is 2. The molecule has 2 heterocycles. The number of likely N-dealkylation sites (N-methyl/N-ethyl adjacent to an activating group) is 2. The Bertz CT molecular complexity index is 1310. The number of ether oxygens (including phenoxy) is 1. The molecule has 0 saturated heterocycles. The highest BCUT2D eigenvalue weighted by Gasteiger charge is 2.27. The fourth-order valence-corrected chi connectivity index (χ4v) is 4.24. The fourth-order valence-electron chi connectivity index (χ4n) is 3.70. The summed E-state index contributed by atoms with van der Waals surface area (Å²) in [6.07, 6.45) is 4.30. The van der Waals surface area contributed by atoms with Gasteiger partial charge in [0.15, 0.2) is 5.75 Å². The van der Waals surface area contributed by atoms with Crippen LogP contribution in [-0.2, 0) is 18.3 Å². The number of hydrogen-bond acceptors (Lipinski definition) is 7. The van der Waals surface area contributed by atoms with E-state index in [1.807, 2.05) is 0 Å². The van der Waals surface area contributed by atoms with Gasteiger partial charge >= 0.3 is 0 Å². The highest BCUT2D eigenvalue weighted by atomic mass is 35.5. The Kier molecular flexibility index (Phi) is 9.62. The number of pyridine rings is 1. The molecule has 37 heavy (non-hydrogen) atoms. The van der Waals surface area contributed by atoms with Crippen LogP contribution in [0, 0.1) is 0 Å². The molecule has 3 rings (SSSR count). The molecule has 0 bridgehead atoms. The summed E-state index contributed by atoms with van der Waals surface area (Å²) in [6.45, 7) is 1.03. The van der Waals surface area contributed by atoms with Crippen LogP contribution in [-0.4, -0.2) is 71.8 Å². The SMILES string of the molecule is CNCCN(C)C(=O)[C@H](Cc1ccc(-c2c(OC)cnn(C)c2=O)cc1)NC(=O)c1c(Cl)cncc1Cl. The van der Waals surface area contributed by atoms with Gasteiger partial charge in [0.25, 0.3) is 11.5 Å². The maximum absolute atomic E-state index is 13.3. The first kappa shape index (κ1) is 28.1. The Balaban J connectivity index is 1.90. The Hall–Kier alpha value is -3.47. The number of nitrogens with zero attached hydrogens (tertiary/aromatic N) is 4. The van der Waals surface area contributed by atoms with E-state index in [-0.39, 0.29) is 33.5 Å². The van der Waals surface area contributed by atoms with E-state index < -0.39 is 11.9 Å². The minimum Gasteiger partial charge on any atom is -0.494 e. The maximum atomic E-state index is 13.3. The summed E-state index contributed by atoms with van der Waals surface area (Å²) in [5.74, 6) is -0.508. The maximum Gasteiger partial charge on any atom is 0.278 e. The summed E-state index contributed by atoms with van der Waals surface area (Å²) >= 11 is 12.3. The number of methoxy groups -OCH3 is 1. The van der Waals surface area contributed by atoms with Gasteiger partial charge in [0.05, 0.1) is 34.5 Å². The molecule has 196 valence electrons. The van der Waals surface area contributed by atoms with Gasteiger partial charge in [-0.3, -0.25) is 19.4 Å². The summed E-state index contributed by atoms with van der Waals surface area (Å²) < 4.78 is 6.55. The van der Waals surface area contributed by atoms with Crippen molar-refractivity contribution in [1.29, 1.82) is 0 Å². The van der Waals surface area contributed by atoms with Crippen LogP contribution in [0.15, 0.2) is 47.7 Å². The van der Waals surface area contributed by atoms with Crippen molar-refractivity contribution >= 4 is 35.0 Å². The fraction of sp³-hybridized carbons (Fsp3) is 0.320. The second-order valence-electron chi connectivity index (χ2n) is 8.29. The average molecular weight is 547 g/mol. The first-order chi connectivity index (χ1) is 17.7. The molecule has 0 aliphatic carbocycles. The van der Waals surface area contributed by atoms with Gasteiger partial charge in [-0.25, -0.2) is 4.68 Å². The average Bonchev–Trinajstić information content (AvgIpc) is 2.88. The summed E-state index contributed by atoms with van der Waals surface area (Å²) in [7, 11) is 6.49. The predicted octanol–water partition coefficient (Wildman–Crippen LogP) is 2.18. The molecular weight excluding hydrogens is 519 g/mol. The molecule has 0 aliphatic rings. The Morgan fingerprint density at radius 1 is 1.14 bits per heavy atom. The third-order valence-electron chi connectivity index (χ3n) is 5.76. The molecule has 0 unspecified atom stereocenters. The monoisotopic (exact) mass is 546 g/mol. The standard InChI is InChI=1S/C25H28Cl2N6O4/c1-28-9-10-32(2)24(35)19(31-23(34)22-17(26)12-29-13-18(22)27)11-15-5-7-16(8-6-15)21-20(37-4)14-30-33(3)25(21)36/h5-8,12-14,19,28H,9-11H2,1-4H3,(H,31,34)/t19-/m0/s1. The summed E-state index contributed by atoms with van der Waals surface area (Å²) in [5, 5.41) is 9.92. The topological polar surface area (TPSA) is 118 Å². The molecule has 10 nitrogen and oxygen atoms in total. The normalized spacial score (nSPS) is 11.6. The molecule has 1 atom stereocenters. The quantitative estimate of drug-likeness (QED) is 0.400. The van der Waals surface area contributed by atoms with Gasteiger partial charge in [0.1, 0.15) is 6.04 Å².